The van der Waals surface area contributed by atoms with Crippen molar-refractivity contribution in [2.24, 2.45) is 0 Å². The van der Waals surface area contributed by atoms with Gasteiger partial charge in [-0.2, -0.15) is 0 Å². The molecule has 2 heterocycles. The average Bonchev–Trinajstić information content (AvgIpc) is 3.26. The molecule has 4 rings (SSSR count). The van der Waals surface area contributed by atoms with Gasteiger partial charge < -0.3 is 9.64 Å². The van der Waals surface area contributed by atoms with Gasteiger partial charge >= 0.3 is 5.97 Å². The Balaban J connectivity index is 1.74. The summed E-state index contributed by atoms with van der Waals surface area (Å²) < 4.78 is 4.98. The molecule has 1 amide bonds. The number of ketones is 1. The fourth-order valence-corrected chi connectivity index (χ4v) is 4.57. The van der Waals surface area contributed by atoms with Gasteiger partial charge in [0.25, 0.3) is 5.91 Å². The summed E-state index contributed by atoms with van der Waals surface area (Å²) >= 11 is 1.57. The van der Waals surface area contributed by atoms with Crippen molar-refractivity contribution in [1.82, 2.24) is 4.90 Å². The predicted molar refractivity (Wildman–Crippen MR) is 110 cm³/mol. The van der Waals surface area contributed by atoms with Crippen LogP contribution in [0.1, 0.15) is 42.8 Å². The number of hydrogen-bond donors (Lipinski definition) is 0. The summed E-state index contributed by atoms with van der Waals surface area (Å²) in [5, 5.41) is 1.92. The molecule has 1 aliphatic rings. The van der Waals surface area contributed by atoms with Crippen molar-refractivity contribution in [2.75, 3.05) is 13.7 Å². The Labute approximate surface area is 172 Å². The molecule has 0 N–H and O–H groups in total. The zero-order chi connectivity index (χ0) is 20.4. The Morgan fingerprint density at radius 1 is 0.966 bits per heavy atom. The predicted octanol–water partition coefficient (Wildman–Crippen LogP) is 3.89. The van der Waals surface area contributed by atoms with Gasteiger partial charge in [-0.15, -0.1) is 11.3 Å². The van der Waals surface area contributed by atoms with Crippen LogP contribution < -0.4 is 0 Å². The molecule has 0 spiro atoms. The second-order valence-electron chi connectivity index (χ2n) is 6.71. The van der Waals surface area contributed by atoms with Crippen molar-refractivity contribution in [2.45, 2.75) is 12.5 Å². The van der Waals surface area contributed by atoms with Crippen molar-refractivity contribution >= 4 is 29.0 Å². The molecule has 29 heavy (non-hydrogen) atoms. The normalized spacial score (nSPS) is 15.5. The molecule has 5 nitrogen and oxygen atoms in total. The highest BCUT2D eigenvalue weighted by atomic mass is 32.1. The fourth-order valence-electron chi connectivity index (χ4n) is 3.67. The number of hydrogen-bond acceptors (Lipinski definition) is 5. The van der Waals surface area contributed by atoms with Crippen LogP contribution in [0, 0.1) is 0 Å². The first-order valence-corrected chi connectivity index (χ1v) is 10.1. The zero-order valence-corrected chi connectivity index (χ0v) is 16.6. The molecule has 0 bridgehead atoms. The minimum Gasteiger partial charge on any atom is -0.467 e. The standard InChI is InChI=1S/C23H19NO4S/c1-28-23(27)20-18-12-14-29-19(18)11-13-24(20)22(26)17-10-6-5-9-16(17)21(25)15-7-3-2-4-8-15/h2-10,12,14,20H,11,13H2,1H3. The lowest BCUT2D eigenvalue weighted by molar-refractivity contribution is -0.146. The highest BCUT2D eigenvalue weighted by Crippen LogP contribution is 2.35. The van der Waals surface area contributed by atoms with Gasteiger partial charge in [0.05, 0.1) is 12.7 Å². The largest absolute Gasteiger partial charge is 0.467 e. The van der Waals surface area contributed by atoms with E-state index in [9.17, 15) is 14.4 Å². The molecule has 0 radical (unpaired) electrons. The number of benzene rings is 2. The van der Waals surface area contributed by atoms with Gasteiger partial charge in [-0.05, 0) is 29.5 Å². The third kappa shape index (κ3) is 3.47. The van der Waals surface area contributed by atoms with E-state index in [1.807, 2.05) is 17.5 Å². The van der Waals surface area contributed by atoms with Crippen LogP contribution in [0.5, 0.6) is 0 Å². The Morgan fingerprint density at radius 3 is 2.38 bits per heavy atom. The van der Waals surface area contributed by atoms with Gasteiger partial charge in [0.15, 0.2) is 11.8 Å². The number of esters is 1. The molecule has 0 saturated carbocycles. The van der Waals surface area contributed by atoms with Crippen LogP contribution in [0.2, 0.25) is 0 Å². The van der Waals surface area contributed by atoms with Crippen LogP contribution in [0.25, 0.3) is 0 Å². The number of thiophene rings is 1. The van der Waals surface area contributed by atoms with E-state index in [-0.39, 0.29) is 17.3 Å². The lowest BCUT2D eigenvalue weighted by Gasteiger charge is -2.34. The number of ether oxygens (including phenoxy) is 1. The number of amides is 1. The molecule has 0 fully saturated rings. The summed E-state index contributed by atoms with van der Waals surface area (Å²) in [4.78, 5) is 41.6. The summed E-state index contributed by atoms with van der Waals surface area (Å²) in [5.41, 5.74) is 1.92. The molecule has 1 aliphatic heterocycles. The lowest BCUT2D eigenvalue weighted by Crippen LogP contribution is -2.43. The van der Waals surface area contributed by atoms with Crippen molar-refractivity contribution in [3.05, 3.63) is 93.2 Å². The highest BCUT2D eigenvalue weighted by Gasteiger charge is 2.38. The molecule has 1 aromatic heterocycles. The number of carbonyl (C=O) groups excluding carboxylic acids is 3. The minimum absolute atomic E-state index is 0.225. The number of rotatable bonds is 4. The van der Waals surface area contributed by atoms with Crippen LogP contribution in [0.4, 0.5) is 0 Å². The van der Waals surface area contributed by atoms with E-state index in [0.29, 0.717) is 24.1 Å². The maximum absolute atomic E-state index is 13.5. The van der Waals surface area contributed by atoms with E-state index in [1.54, 1.807) is 59.9 Å². The van der Waals surface area contributed by atoms with E-state index in [0.717, 1.165) is 10.4 Å². The average molecular weight is 405 g/mol. The monoisotopic (exact) mass is 405 g/mol. The quantitative estimate of drug-likeness (QED) is 0.488. The van der Waals surface area contributed by atoms with Crippen LogP contribution in [0.15, 0.2) is 66.0 Å². The van der Waals surface area contributed by atoms with E-state index < -0.39 is 12.0 Å². The highest BCUT2D eigenvalue weighted by molar-refractivity contribution is 7.10. The van der Waals surface area contributed by atoms with Gasteiger partial charge in [0, 0.05) is 22.5 Å². The van der Waals surface area contributed by atoms with Crippen molar-refractivity contribution in [1.29, 1.82) is 0 Å². The van der Waals surface area contributed by atoms with Gasteiger partial charge in [-0.25, -0.2) is 4.79 Å². The maximum atomic E-state index is 13.5. The zero-order valence-electron chi connectivity index (χ0n) is 15.8. The topological polar surface area (TPSA) is 63.7 Å². The molecule has 0 saturated heterocycles. The first-order chi connectivity index (χ1) is 14.1. The first kappa shape index (κ1) is 19.1. The number of methoxy groups -OCH3 is 1. The third-order valence-corrected chi connectivity index (χ3v) is 6.09. The molecule has 1 atom stereocenters. The Morgan fingerprint density at radius 2 is 1.66 bits per heavy atom. The summed E-state index contributed by atoms with van der Waals surface area (Å²) in [6.07, 6.45) is 0.668. The van der Waals surface area contributed by atoms with Crippen LogP contribution in [-0.2, 0) is 16.0 Å². The van der Waals surface area contributed by atoms with E-state index in [2.05, 4.69) is 0 Å². The lowest BCUT2D eigenvalue weighted by atomic mass is 9.95. The fraction of sp³-hybridized carbons (Fsp3) is 0.174. The van der Waals surface area contributed by atoms with Gasteiger partial charge in [0.2, 0.25) is 0 Å². The SMILES string of the molecule is COC(=O)C1c2ccsc2CCN1C(=O)c1ccccc1C(=O)c1ccccc1. The molecule has 6 heteroatoms. The summed E-state index contributed by atoms with van der Waals surface area (Å²) in [6, 6.07) is 16.6. The second-order valence-corrected chi connectivity index (χ2v) is 7.71. The van der Waals surface area contributed by atoms with Gasteiger partial charge in [0.1, 0.15) is 0 Å². The summed E-state index contributed by atoms with van der Waals surface area (Å²) in [6.45, 7) is 0.389. The molecule has 0 aliphatic carbocycles. The van der Waals surface area contributed by atoms with Gasteiger partial charge in [-0.1, -0.05) is 48.5 Å². The van der Waals surface area contributed by atoms with Gasteiger partial charge in [-0.3, -0.25) is 9.59 Å². The smallest absolute Gasteiger partial charge is 0.333 e. The molecule has 146 valence electrons. The van der Waals surface area contributed by atoms with E-state index >= 15 is 0 Å². The van der Waals surface area contributed by atoms with E-state index in [4.69, 9.17) is 4.74 Å². The summed E-state index contributed by atoms with van der Waals surface area (Å²) in [5.74, 6) is -1.06. The third-order valence-electron chi connectivity index (χ3n) is 5.09. The Kier molecular flexibility index (Phi) is 5.27. The second kappa shape index (κ2) is 8.01. The number of fused-ring (bicyclic) bond motifs is 1. The maximum Gasteiger partial charge on any atom is 0.333 e. The van der Waals surface area contributed by atoms with Crippen LogP contribution in [0.3, 0.4) is 0 Å². The molecular formula is C23H19NO4S. The molecule has 2 aromatic carbocycles. The molecular weight excluding hydrogens is 386 g/mol. The van der Waals surface area contributed by atoms with Crippen LogP contribution >= 0.6 is 11.3 Å². The van der Waals surface area contributed by atoms with Crippen LogP contribution in [-0.4, -0.2) is 36.2 Å². The minimum atomic E-state index is -0.803. The number of carbonyl (C=O) groups is 3. The Bertz CT molecular complexity index is 1070. The van der Waals surface area contributed by atoms with Crippen molar-refractivity contribution < 1.29 is 19.1 Å². The number of nitrogens with zero attached hydrogens (tertiary/aromatic N) is 1. The van der Waals surface area contributed by atoms with E-state index in [1.165, 1.54) is 12.0 Å². The molecule has 1 unspecified atom stereocenters. The van der Waals surface area contributed by atoms with Crippen molar-refractivity contribution in [3.63, 3.8) is 0 Å². The Hall–Kier alpha value is -3.25. The summed E-state index contributed by atoms with van der Waals surface area (Å²) in [7, 11) is 1.32. The first-order valence-electron chi connectivity index (χ1n) is 9.25. The molecule has 3 aromatic rings. The van der Waals surface area contributed by atoms with Crippen molar-refractivity contribution in [3.8, 4) is 0 Å².